The van der Waals surface area contributed by atoms with Crippen LogP contribution in [0.3, 0.4) is 0 Å². The Bertz CT molecular complexity index is 991. The molecule has 0 unspecified atom stereocenters. The Morgan fingerprint density at radius 1 is 1.03 bits per heavy atom. The van der Waals surface area contributed by atoms with E-state index in [-0.39, 0.29) is 29.7 Å². The van der Waals surface area contributed by atoms with E-state index in [1.807, 2.05) is 13.0 Å². The molecule has 156 valence electrons. The molecule has 0 aromatic heterocycles. The van der Waals surface area contributed by atoms with Crippen LogP contribution in [-0.2, 0) is 19.6 Å². The number of aryl methyl sites for hydroxylation is 1. The van der Waals surface area contributed by atoms with Gasteiger partial charge in [-0.15, -0.1) is 0 Å². The predicted molar refractivity (Wildman–Crippen MR) is 110 cm³/mol. The van der Waals surface area contributed by atoms with Gasteiger partial charge in [0.15, 0.2) is 0 Å². The Morgan fingerprint density at radius 3 is 2.31 bits per heavy atom. The maximum atomic E-state index is 13.0. The van der Waals surface area contributed by atoms with Crippen molar-refractivity contribution in [1.82, 2.24) is 4.31 Å². The molecule has 2 amide bonds. The van der Waals surface area contributed by atoms with Gasteiger partial charge in [0.2, 0.25) is 21.8 Å². The van der Waals surface area contributed by atoms with Crippen molar-refractivity contribution >= 4 is 33.2 Å². The smallest absolute Gasteiger partial charge is 0.242 e. The molecule has 7 nitrogen and oxygen atoms in total. The Labute approximate surface area is 170 Å². The summed E-state index contributed by atoms with van der Waals surface area (Å²) < 4.78 is 39.0. The van der Waals surface area contributed by atoms with Gasteiger partial charge in [0, 0.05) is 26.9 Å². The lowest BCUT2D eigenvalue weighted by Crippen LogP contribution is -2.28. The van der Waals surface area contributed by atoms with Gasteiger partial charge < -0.3 is 10.6 Å². The third-order valence-electron chi connectivity index (χ3n) is 4.16. The van der Waals surface area contributed by atoms with Crippen LogP contribution in [0.2, 0.25) is 0 Å². The molecule has 0 heterocycles. The molecule has 0 aliphatic rings. The minimum Gasteiger partial charge on any atom is -0.325 e. The topological polar surface area (TPSA) is 95.6 Å². The number of carbonyl (C=O) groups is 2. The molecule has 0 aliphatic carbocycles. The van der Waals surface area contributed by atoms with Gasteiger partial charge in [0.1, 0.15) is 5.82 Å². The molecule has 0 radical (unpaired) electrons. The van der Waals surface area contributed by atoms with Crippen LogP contribution in [0.1, 0.15) is 25.3 Å². The van der Waals surface area contributed by atoms with E-state index in [0.717, 1.165) is 22.0 Å². The van der Waals surface area contributed by atoms with Gasteiger partial charge in [-0.05, 0) is 55.3 Å². The SMILES string of the molecule is CC(=O)Nc1ccc(C)cc1NC(=O)CCCN(C)S(=O)(=O)c1ccc(F)cc1. The summed E-state index contributed by atoms with van der Waals surface area (Å²) in [4.78, 5) is 23.6. The van der Waals surface area contributed by atoms with Crippen LogP contribution in [-0.4, -0.2) is 38.1 Å². The first kappa shape index (κ1) is 22.5. The van der Waals surface area contributed by atoms with Crippen molar-refractivity contribution in [2.24, 2.45) is 0 Å². The molecule has 2 aromatic rings. The number of hydrogen-bond donors (Lipinski definition) is 2. The standard InChI is InChI=1S/C20H24FN3O4S/c1-14-6-11-18(22-15(2)25)19(13-14)23-20(26)5-4-12-24(3)29(27,28)17-9-7-16(21)8-10-17/h6-11,13H,4-5,12H2,1-3H3,(H,22,25)(H,23,26). The van der Waals surface area contributed by atoms with E-state index in [1.165, 1.54) is 26.1 Å². The van der Waals surface area contributed by atoms with Gasteiger partial charge in [-0.1, -0.05) is 6.07 Å². The Hall–Kier alpha value is -2.78. The highest BCUT2D eigenvalue weighted by Gasteiger charge is 2.20. The first-order valence-corrected chi connectivity index (χ1v) is 10.4. The monoisotopic (exact) mass is 421 g/mol. The number of amides is 2. The van der Waals surface area contributed by atoms with Crippen LogP contribution >= 0.6 is 0 Å². The maximum absolute atomic E-state index is 13.0. The number of hydrogen-bond acceptors (Lipinski definition) is 4. The van der Waals surface area contributed by atoms with Gasteiger partial charge in [0.25, 0.3) is 0 Å². The zero-order chi connectivity index (χ0) is 21.6. The van der Waals surface area contributed by atoms with E-state index in [0.29, 0.717) is 17.8 Å². The number of sulfonamides is 1. The minimum absolute atomic E-state index is 0.00874. The molecule has 0 saturated heterocycles. The molecular formula is C20H24FN3O4S. The van der Waals surface area contributed by atoms with Crippen molar-refractivity contribution in [1.29, 1.82) is 0 Å². The van der Waals surface area contributed by atoms with Crippen molar-refractivity contribution < 1.29 is 22.4 Å². The van der Waals surface area contributed by atoms with Gasteiger partial charge in [0.05, 0.1) is 16.3 Å². The lowest BCUT2D eigenvalue weighted by molar-refractivity contribution is -0.116. The van der Waals surface area contributed by atoms with Crippen LogP contribution in [0.5, 0.6) is 0 Å². The zero-order valence-electron chi connectivity index (χ0n) is 16.5. The summed E-state index contributed by atoms with van der Waals surface area (Å²) in [7, 11) is -2.34. The number of rotatable bonds is 8. The fourth-order valence-electron chi connectivity index (χ4n) is 2.64. The second-order valence-electron chi connectivity index (χ2n) is 6.66. The molecule has 0 aliphatic heterocycles. The van der Waals surface area contributed by atoms with E-state index < -0.39 is 15.8 Å². The third kappa shape index (κ3) is 6.37. The van der Waals surface area contributed by atoms with E-state index in [2.05, 4.69) is 10.6 Å². The first-order valence-electron chi connectivity index (χ1n) is 8.99. The van der Waals surface area contributed by atoms with E-state index in [1.54, 1.807) is 12.1 Å². The second-order valence-corrected chi connectivity index (χ2v) is 8.71. The molecule has 2 aromatic carbocycles. The Morgan fingerprint density at radius 2 is 1.69 bits per heavy atom. The molecule has 0 bridgehead atoms. The summed E-state index contributed by atoms with van der Waals surface area (Å²) in [6.07, 6.45) is 0.390. The molecule has 9 heteroatoms. The van der Waals surface area contributed by atoms with Gasteiger partial charge in [-0.3, -0.25) is 9.59 Å². The van der Waals surface area contributed by atoms with Crippen molar-refractivity contribution in [3.8, 4) is 0 Å². The average molecular weight is 421 g/mol. The third-order valence-corrected chi connectivity index (χ3v) is 6.03. The Kier molecular flexibility index (Phi) is 7.46. The molecule has 29 heavy (non-hydrogen) atoms. The fraction of sp³-hybridized carbons (Fsp3) is 0.300. The van der Waals surface area contributed by atoms with Gasteiger partial charge in [-0.25, -0.2) is 17.1 Å². The molecule has 2 N–H and O–H groups in total. The minimum atomic E-state index is -3.75. The normalized spacial score (nSPS) is 11.3. The summed E-state index contributed by atoms with van der Waals surface area (Å²) in [5.74, 6) is -1.06. The highest BCUT2D eigenvalue weighted by Crippen LogP contribution is 2.23. The molecule has 0 spiro atoms. The zero-order valence-corrected chi connectivity index (χ0v) is 17.3. The fourth-order valence-corrected chi connectivity index (χ4v) is 3.85. The van der Waals surface area contributed by atoms with E-state index in [4.69, 9.17) is 0 Å². The summed E-state index contributed by atoms with van der Waals surface area (Å²) in [6, 6.07) is 9.84. The molecule has 0 saturated carbocycles. The number of benzene rings is 2. The Balaban J connectivity index is 1.94. The molecule has 2 rings (SSSR count). The quantitative estimate of drug-likeness (QED) is 0.685. The van der Waals surface area contributed by atoms with Gasteiger partial charge >= 0.3 is 0 Å². The molecular weight excluding hydrogens is 397 g/mol. The number of nitrogens with zero attached hydrogens (tertiary/aromatic N) is 1. The highest BCUT2D eigenvalue weighted by molar-refractivity contribution is 7.89. The maximum Gasteiger partial charge on any atom is 0.242 e. The number of nitrogens with one attached hydrogen (secondary N) is 2. The van der Waals surface area contributed by atoms with Gasteiger partial charge in [-0.2, -0.15) is 0 Å². The summed E-state index contributed by atoms with van der Waals surface area (Å²) >= 11 is 0. The lowest BCUT2D eigenvalue weighted by atomic mass is 10.1. The highest BCUT2D eigenvalue weighted by atomic mass is 32.2. The second kappa shape index (κ2) is 9.62. The molecule has 0 atom stereocenters. The number of carbonyl (C=O) groups excluding carboxylic acids is 2. The average Bonchev–Trinajstić information content (AvgIpc) is 2.64. The van der Waals surface area contributed by atoms with Crippen LogP contribution in [0.25, 0.3) is 0 Å². The van der Waals surface area contributed by atoms with Crippen molar-refractivity contribution in [2.45, 2.75) is 31.6 Å². The van der Waals surface area contributed by atoms with Crippen molar-refractivity contribution in [3.05, 3.63) is 53.8 Å². The summed E-state index contributed by atoms with van der Waals surface area (Å²) in [5.41, 5.74) is 1.89. The van der Waals surface area contributed by atoms with Crippen LogP contribution in [0, 0.1) is 12.7 Å². The van der Waals surface area contributed by atoms with Crippen molar-refractivity contribution in [2.75, 3.05) is 24.2 Å². The molecule has 0 fully saturated rings. The summed E-state index contributed by atoms with van der Waals surface area (Å²) in [5, 5.41) is 5.40. The predicted octanol–water partition coefficient (Wildman–Crippen LogP) is 3.13. The summed E-state index contributed by atoms with van der Waals surface area (Å²) in [6.45, 7) is 3.37. The first-order chi connectivity index (χ1) is 13.6. The van der Waals surface area contributed by atoms with Crippen LogP contribution in [0.4, 0.5) is 15.8 Å². The largest absolute Gasteiger partial charge is 0.325 e. The number of anilines is 2. The van der Waals surface area contributed by atoms with Crippen LogP contribution < -0.4 is 10.6 Å². The van der Waals surface area contributed by atoms with E-state index >= 15 is 0 Å². The van der Waals surface area contributed by atoms with Crippen molar-refractivity contribution in [3.63, 3.8) is 0 Å². The lowest BCUT2D eigenvalue weighted by Gasteiger charge is -2.17. The number of halogens is 1. The van der Waals surface area contributed by atoms with E-state index in [9.17, 15) is 22.4 Å². The van der Waals surface area contributed by atoms with Crippen LogP contribution in [0.15, 0.2) is 47.4 Å².